The van der Waals surface area contributed by atoms with Crippen LogP contribution >= 0.6 is 0 Å². The van der Waals surface area contributed by atoms with E-state index in [4.69, 9.17) is 33.2 Å². The molecular weight excluding hydrogens is 672 g/mol. The van der Waals surface area contributed by atoms with E-state index in [1.165, 1.54) is 0 Å². The molecule has 0 aromatic carbocycles. The minimum absolute atomic E-state index is 0. The lowest BCUT2D eigenvalue weighted by molar-refractivity contribution is -0.388. The average molecular weight is 721 g/mol. The minimum Gasteiger partial charge on any atom is -0.412 e. The Balaban J connectivity index is 0.00000384. The fraction of sp³-hybridized carbons (Fsp3) is 1.00. The first-order chi connectivity index (χ1) is 21.2. The molecule has 4 aliphatic rings. The molecule has 4 heterocycles. The molecule has 0 spiro atoms. The van der Waals surface area contributed by atoms with Gasteiger partial charge in [0.15, 0.2) is 18.9 Å². The van der Waals surface area contributed by atoms with Gasteiger partial charge in [-0.1, -0.05) is 0 Å². The van der Waals surface area contributed by atoms with Crippen molar-refractivity contribution >= 4 is 0 Å². The van der Waals surface area contributed by atoms with Gasteiger partial charge in [-0.25, -0.2) is 0 Å². The number of rotatable bonds is 11. The van der Waals surface area contributed by atoms with Crippen LogP contribution in [0.25, 0.3) is 0 Å². The van der Waals surface area contributed by atoms with Gasteiger partial charge in [0.1, 0.15) is 98.2 Å². The van der Waals surface area contributed by atoms with Crippen LogP contribution in [0.15, 0.2) is 0 Å². The predicted molar refractivity (Wildman–Crippen MR) is 145 cm³/mol. The molecule has 4 rings (SSSR count). The summed E-state index contributed by atoms with van der Waals surface area (Å²) in [6.07, 6.45) is -31.4. The largest absolute Gasteiger partial charge is 0.412 e. The highest BCUT2D eigenvalue weighted by Gasteiger charge is 2.58. The summed E-state index contributed by atoms with van der Waals surface area (Å²) in [6, 6.07) is 0. The summed E-state index contributed by atoms with van der Waals surface area (Å²) in [7, 11) is 0. The molecule has 0 amide bonds. The normalized spacial score (nSPS) is 49.4. The van der Waals surface area contributed by atoms with Crippen molar-refractivity contribution in [1.82, 2.24) is 0 Å². The number of hydrogen-bond acceptors (Lipinski definition) is 21. The Hall–Kier alpha value is -0.960. The van der Waals surface area contributed by atoms with Crippen molar-refractivity contribution in [1.29, 1.82) is 0 Å². The molecule has 0 bridgehead atoms. The molecule has 0 aromatic heterocycles. The van der Waals surface area contributed by atoms with Crippen molar-refractivity contribution in [3.63, 3.8) is 0 Å². The molecule has 18 unspecified atom stereocenters. The molecule has 288 valence electrons. The van der Waals surface area contributed by atoms with Crippen molar-refractivity contribution in [3.05, 3.63) is 0 Å². The molecule has 20 N–H and O–H groups in total. The summed E-state index contributed by atoms with van der Waals surface area (Å²) in [6.45, 7) is -4.02. The maximum atomic E-state index is 10.5. The van der Waals surface area contributed by atoms with E-state index in [1.54, 1.807) is 0 Å². The SMILES string of the molecule is O.O.O.OCC1OC(OCC2OC(OCC3OC(O[C@]4(CO)OC(CO)C(O)C4O)C(O)C(O)C3O)C(O)C(O)C2O)C(O)C(O)C1O. The molecule has 4 fully saturated rings. The second-order valence-electron chi connectivity index (χ2n) is 11.3. The van der Waals surface area contributed by atoms with Gasteiger partial charge in [-0.15, -0.1) is 0 Å². The van der Waals surface area contributed by atoms with Crippen LogP contribution in [0.4, 0.5) is 0 Å². The van der Waals surface area contributed by atoms with E-state index in [2.05, 4.69) is 0 Å². The van der Waals surface area contributed by atoms with Crippen LogP contribution in [0.3, 0.4) is 0 Å². The molecule has 4 aliphatic heterocycles. The van der Waals surface area contributed by atoms with E-state index in [-0.39, 0.29) is 16.4 Å². The zero-order valence-electron chi connectivity index (χ0n) is 25.0. The summed E-state index contributed by atoms with van der Waals surface area (Å²) in [5.74, 6) is -2.43. The highest BCUT2D eigenvalue weighted by molar-refractivity contribution is 4.99. The second-order valence-corrected chi connectivity index (χ2v) is 11.3. The van der Waals surface area contributed by atoms with E-state index in [0.29, 0.717) is 0 Å². The Labute approximate surface area is 270 Å². The Morgan fingerprint density at radius 1 is 0.438 bits per heavy atom. The summed E-state index contributed by atoms with van der Waals surface area (Å²) in [5, 5.41) is 141. The van der Waals surface area contributed by atoms with Gasteiger partial charge in [0.05, 0.1) is 26.4 Å². The third-order valence-electron chi connectivity index (χ3n) is 8.26. The van der Waals surface area contributed by atoms with E-state index in [1.807, 2.05) is 0 Å². The van der Waals surface area contributed by atoms with E-state index in [0.717, 1.165) is 0 Å². The number of ether oxygens (including phenoxy) is 7. The summed E-state index contributed by atoms with van der Waals surface area (Å²) >= 11 is 0. The molecule has 19 atom stereocenters. The maximum absolute atomic E-state index is 10.5. The van der Waals surface area contributed by atoms with Crippen LogP contribution in [0.2, 0.25) is 0 Å². The molecule has 0 aromatic rings. The summed E-state index contributed by atoms with van der Waals surface area (Å²) < 4.78 is 37.6. The van der Waals surface area contributed by atoms with Gasteiger partial charge in [-0.3, -0.25) is 0 Å². The van der Waals surface area contributed by atoms with E-state index in [9.17, 15) is 71.5 Å². The zero-order valence-corrected chi connectivity index (χ0v) is 25.0. The highest BCUT2D eigenvalue weighted by Crippen LogP contribution is 2.36. The van der Waals surface area contributed by atoms with Gasteiger partial charge in [-0.05, 0) is 0 Å². The van der Waals surface area contributed by atoms with E-state index >= 15 is 0 Å². The molecule has 48 heavy (non-hydrogen) atoms. The van der Waals surface area contributed by atoms with Crippen LogP contribution < -0.4 is 0 Å². The predicted octanol–water partition coefficient (Wildman–Crippen LogP) is -12.2. The second kappa shape index (κ2) is 18.5. The van der Waals surface area contributed by atoms with Crippen LogP contribution in [0, 0.1) is 0 Å². The highest BCUT2D eigenvalue weighted by atomic mass is 16.8. The fourth-order valence-corrected chi connectivity index (χ4v) is 5.39. The van der Waals surface area contributed by atoms with Gasteiger partial charge in [0.2, 0.25) is 5.79 Å². The minimum atomic E-state index is -2.43. The lowest BCUT2D eigenvalue weighted by Gasteiger charge is -2.45. The number of aliphatic hydroxyl groups excluding tert-OH is 14. The Morgan fingerprint density at radius 3 is 1.21 bits per heavy atom. The first-order valence-corrected chi connectivity index (χ1v) is 14.1. The molecule has 24 heteroatoms. The quantitative estimate of drug-likeness (QED) is 0.0941. The first kappa shape index (κ1) is 45.1. The smallest absolute Gasteiger partial charge is 0.224 e. The van der Waals surface area contributed by atoms with Gasteiger partial charge < -0.3 is 121 Å². The van der Waals surface area contributed by atoms with Crippen molar-refractivity contribution in [3.8, 4) is 0 Å². The van der Waals surface area contributed by atoms with Crippen LogP contribution in [0.5, 0.6) is 0 Å². The summed E-state index contributed by atoms with van der Waals surface area (Å²) in [5.41, 5.74) is 0. The van der Waals surface area contributed by atoms with Crippen LogP contribution in [-0.2, 0) is 33.2 Å². The monoisotopic (exact) mass is 720 g/mol. The Morgan fingerprint density at radius 2 is 0.812 bits per heavy atom. The van der Waals surface area contributed by atoms with Gasteiger partial charge in [-0.2, -0.15) is 0 Å². The van der Waals surface area contributed by atoms with Crippen molar-refractivity contribution in [2.75, 3.05) is 33.0 Å². The van der Waals surface area contributed by atoms with E-state index < -0.39 is 149 Å². The Kier molecular flexibility index (Phi) is 17.4. The molecule has 0 saturated carbocycles. The van der Waals surface area contributed by atoms with Crippen molar-refractivity contribution in [2.45, 2.75) is 116 Å². The molecule has 24 nitrogen and oxygen atoms in total. The summed E-state index contributed by atoms with van der Waals surface area (Å²) in [4.78, 5) is 0. The Bertz CT molecular complexity index is 934. The molecular formula is C24H48O24. The van der Waals surface area contributed by atoms with Crippen LogP contribution in [-0.4, -0.2) is 237 Å². The third-order valence-corrected chi connectivity index (χ3v) is 8.26. The van der Waals surface area contributed by atoms with Crippen LogP contribution in [0.1, 0.15) is 0 Å². The first-order valence-electron chi connectivity index (χ1n) is 14.1. The molecule has 4 saturated heterocycles. The van der Waals surface area contributed by atoms with Crippen molar-refractivity contribution in [2.24, 2.45) is 0 Å². The average Bonchev–Trinajstić information content (AvgIpc) is 3.28. The van der Waals surface area contributed by atoms with Crippen molar-refractivity contribution < 1.29 is 121 Å². The van der Waals surface area contributed by atoms with Gasteiger partial charge >= 0.3 is 0 Å². The topological polar surface area (TPSA) is 442 Å². The maximum Gasteiger partial charge on any atom is 0.224 e. The zero-order chi connectivity index (χ0) is 33.4. The fourth-order valence-electron chi connectivity index (χ4n) is 5.39. The third kappa shape index (κ3) is 8.73. The number of aliphatic hydroxyl groups is 14. The van der Waals surface area contributed by atoms with Gasteiger partial charge in [0, 0.05) is 0 Å². The standard InChI is InChI=1S/C24H42O21.3H2O/c25-1-6-10(28)14(32)17(35)21(41-6)39-3-8-11(29)15(33)18(36)22(42-8)40-4-9-12(30)16(34)19(37)23(43-9)45-24(5-27)20(38)13(31)7(2-26)44-24;;;/h6-23,25-38H,1-5H2;3*1H2/t6?,7?,8?,9?,10?,11?,12?,13?,14?,15?,16?,17?,18?,19?,20?,21?,22?,23?,24-;;;/m0.../s1. The number of hydrogen-bond donors (Lipinski definition) is 14. The van der Waals surface area contributed by atoms with Gasteiger partial charge in [0.25, 0.3) is 0 Å². The lowest BCUT2D eigenvalue weighted by atomic mass is 9.98. The lowest BCUT2D eigenvalue weighted by Crippen LogP contribution is -2.64. The molecule has 0 aliphatic carbocycles. The molecule has 0 radical (unpaired) electrons.